The van der Waals surface area contributed by atoms with Crippen molar-refractivity contribution in [2.45, 2.75) is 45.8 Å². The van der Waals surface area contributed by atoms with E-state index in [-0.39, 0.29) is 10.8 Å². The Balaban J connectivity index is 2.24. The first-order valence-corrected chi connectivity index (χ1v) is 11.9. The van der Waals surface area contributed by atoms with E-state index in [0.29, 0.717) is 11.3 Å². The number of hydrogen-bond acceptors (Lipinski definition) is 3. The number of benzene rings is 2. The summed E-state index contributed by atoms with van der Waals surface area (Å²) in [7, 11) is -0.352. The van der Waals surface area contributed by atoms with Crippen molar-refractivity contribution >= 4 is 14.1 Å². The molecule has 0 atom stereocenters. The van der Waals surface area contributed by atoms with Crippen LogP contribution in [0, 0.1) is 18.8 Å². The Morgan fingerprint density at radius 1 is 1.00 bits per heavy atom. The molecule has 0 aromatic heterocycles. The van der Waals surface area contributed by atoms with E-state index in [2.05, 4.69) is 45.7 Å². The van der Waals surface area contributed by atoms with Crippen molar-refractivity contribution in [3.05, 3.63) is 59.2 Å². The predicted octanol–water partition coefficient (Wildman–Crippen LogP) is 5.62. The molecule has 4 heteroatoms. The first kappa shape index (κ1) is 20.8. The zero-order chi connectivity index (χ0) is 20.2. The Morgan fingerprint density at radius 2 is 1.63 bits per heavy atom. The van der Waals surface area contributed by atoms with Crippen LogP contribution in [-0.2, 0) is 0 Å². The molecule has 3 nitrogen and oxygen atoms in total. The van der Waals surface area contributed by atoms with E-state index >= 15 is 0 Å². The van der Waals surface area contributed by atoms with Gasteiger partial charge in [0.05, 0.1) is 7.11 Å². The Bertz CT molecular complexity index is 879. The van der Waals surface area contributed by atoms with Crippen LogP contribution in [0.3, 0.4) is 0 Å². The summed E-state index contributed by atoms with van der Waals surface area (Å²) in [6, 6.07) is 13.0. The van der Waals surface area contributed by atoms with Gasteiger partial charge in [-0.3, -0.25) is 4.79 Å². The third-order valence-corrected chi connectivity index (χ3v) is 9.31. The normalized spacial score (nSPS) is 11.4. The molecule has 0 aliphatic rings. The van der Waals surface area contributed by atoms with E-state index < -0.39 is 8.32 Å². The van der Waals surface area contributed by atoms with Gasteiger partial charge >= 0.3 is 0 Å². The molecule has 2 aromatic rings. The van der Waals surface area contributed by atoms with Gasteiger partial charge in [0.15, 0.2) is 5.75 Å². The minimum atomic E-state index is -1.97. The monoisotopic (exact) mass is 380 g/mol. The molecule has 0 radical (unpaired) electrons. The van der Waals surface area contributed by atoms with Crippen LogP contribution in [0.1, 0.15) is 42.3 Å². The highest BCUT2D eigenvalue weighted by Gasteiger charge is 2.39. The lowest BCUT2D eigenvalue weighted by Crippen LogP contribution is -2.43. The third kappa shape index (κ3) is 5.24. The van der Waals surface area contributed by atoms with Gasteiger partial charge in [-0.2, -0.15) is 0 Å². The summed E-state index contributed by atoms with van der Waals surface area (Å²) in [5.41, 5.74) is 2.43. The number of hydrogen-bond donors (Lipinski definition) is 0. The van der Waals surface area contributed by atoms with Gasteiger partial charge in [0.1, 0.15) is 5.75 Å². The fourth-order valence-electron chi connectivity index (χ4n) is 2.16. The van der Waals surface area contributed by atoms with Crippen LogP contribution in [0.5, 0.6) is 11.5 Å². The van der Waals surface area contributed by atoms with Crippen molar-refractivity contribution in [2.75, 3.05) is 7.11 Å². The summed E-state index contributed by atoms with van der Waals surface area (Å²) in [5, 5.41) is 0.0942. The van der Waals surface area contributed by atoms with Gasteiger partial charge in [-0.15, -0.1) is 0 Å². The maximum absolute atomic E-state index is 12.2. The highest BCUT2D eigenvalue weighted by Crippen LogP contribution is 2.40. The van der Waals surface area contributed by atoms with Gasteiger partial charge < -0.3 is 9.16 Å². The smallest absolute Gasteiger partial charge is 0.250 e. The molecule has 0 heterocycles. The van der Waals surface area contributed by atoms with Crippen LogP contribution in [0.25, 0.3) is 0 Å². The molecular formula is C23H28O3Si. The van der Waals surface area contributed by atoms with Crippen molar-refractivity contribution in [1.29, 1.82) is 0 Å². The average molecular weight is 381 g/mol. The van der Waals surface area contributed by atoms with Crippen LogP contribution in [0.15, 0.2) is 42.5 Å². The van der Waals surface area contributed by atoms with Crippen molar-refractivity contribution in [3.8, 4) is 23.3 Å². The largest absolute Gasteiger partial charge is 0.541 e. The summed E-state index contributed by atoms with van der Waals surface area (Å²) in [4.78, 5) is 12.2. The molecule has 0 aliphatic heterocycles. The summed E-state index contributed by atoms with van der Waals surface area (Å²) in [6.45, 7) is 13.0. The van der Waals surface area contributed by atoms with Crippen LogP contribution in [0.4, 0.5) is 0 Å². The molecular weight excluding hydrogens is 352 g/mol. The number of carbonyl (C=O) groups is 1. The van der Waals surface area contributed by atoms with E-state index in [1.54, 1.807) is 19.2 Å². The van der Waals surface area contributed by atoms with Gasteiger partial charge in [0.2, 0.25) is 5.78 Å². The maximum atomic E-state index is 12.2. The second kappa shape index (κ2) is 8.02. The standard InChI is InChI=1S/C23H28O3Si/c1-17-8-12-19(13-9-17)20(24)14-10-18-11-15-21(22(16-18)25-5)26-27(6,7)23(2,3)4/h8-9,11-13,15-16H,1-7H3. The predicted molar refractivity (Wildman–Crippen MR) is 113 cm³/mol. The topological polar surface area (TPSA) is 35.5 Å². The van der Waals surface area contributed by atoms with Gasteiger partial charge in [-0.25, -0.2) is 0 Å². The van der Waals surface area contributed by atoms with Gasteiger partial charge in [-0.1, -0.05) is 56.5 Å². The molecule has 0 spiro atoms. The van der Waals surface area contributed by atoms with Crippen LogP contribution in [-0.4, -0.2) is 21.2 Å². The number of carbonyl (C=O) groups excluding carboxylic acids is 1. The van der Waals surface area contributed by atoms with Gasteiger partial charge in [-0.05, 0) is 49.2 Å². The molecule has 2 rings (SSSR count). The van der Waals surface area contributed by atoms with E-state index in [9.17, 15) is 4.79 Å². The summed E-state index contributed by atoms with van der Waals surface area (Å²) >= 11 is 0. The lowest BCUT2D eigenvalue weighted by atomic mass is 10.1. The zero-order valence-corrected chi connectivity index (χ0v) is 18.3. The highest BCUT2D eigenvalue weighted by atomic mass is 28.4. The molecule has 0 fully saturated rings. The Hall–Kier alpha value is -2.51. The lowest BCUT2D eigenvalue weighted by Gasteiger charge is -2.36. The third-order valence-electron chi connectivity index (χ3n) is 4.97. The minimum Gasteiger partial charge on any atom is -0.541 e. The number of aryl methyl sites for hydroxylation is 1. The van der Waals surface area contributed by atoms with Crippen molar-refractivity contribution in [2.24, 2.45) is 0 Å². The first-order chi connectivity index (χ1) is 12.5. The second-order valence-electron chi connectivity index (χ2n) is 8.17. The van der Waals surface area contributed by atoms with Crippen LogP contribution >= 0.6 is 0 Å². The molecule has 0 saturated carbocycles. The minimum absolute atomic E-state index is 0.0942. The quantitative estimate of drug-likeness (QED) is 0.392. The first-order valence-electron chi connectivity index (χ1n) is 9.03. The molecule has 0 N–H and O–H groups in total. The molecule has 27 heavy (non-hydrogen) atoms. The lowest BCUT2D eigenvalue weighted by molar-refractivity contribution is 0.105. The van der Waals surface area contributed by atoms with Crippen molar-refractivity contribution in [1.82, 2.24) is 0 Å². The van der Waals surface area contributed by atoms with Crippen LogP contribution in [0.2, 0.25) is 18.1 Å². The van der Waals surface area contributed by atoms with Gasteiger partial charge in [0, 0.05) is 11.1 Å². The van der Waals surface area contributed by atoms with E-state index in [4.69, 9.17) is 9.16 Å². The molecule has 0 bridgehead atoms. The molecule has 0 aliphatic carbocycles. The van der Waals surface area contributed by atoms with E-state index in [0.717, 1.165) is 16.9 Å². The number of ketones is 1. The summed E-state index contributed by atoms with van der Waals surface area (Å²) < 4.78 is 11.8. The second-order valence-corrected chi connectivity index (χ2v) is 12.9. The molecule has 0 amide bonds. The van der Waals surface area contributed by atoms with Crippen molar-refractivity contribution < 1.29 is 14.0 Å². The Labute approximate surface area is 163 Å². The number of Topliss-reactive ketones (excluding diaryl/α,β-unsaturated/α-hetero) is 1. The SMILES string of the molecule is COc1cc(C#CC(=O)c2ccc(C)cc2)ccc1O[Si](C)(C)C(C)(C)C. The number of methoxy groups -OCH3 is 1. The molecule has 0 unspecified atom stereocenters. The van der Waals surface area contributed by atoms with Gasteiger partial charge in [0.25, 0.3) is 8.32 Å². The fraction of sp³-hybridized carbons (Fsp3) is 0.348. The molecule has 142 valence electrons. The average Bonchev–Trinajstić information content (AvgIpc) is 2.60. The highest BCUT2D eigenvalue weighted by molar-refractivity contribution is 6.74. The summed E-state index contributed by atoms with van der Waals surface area (Å²) in [6.07, 6.45) is 0. The Kier molecular flexibility index (Phi) is 6.18. The van der Waals surface area contributed by atoms with E-state index in [1.807, 2.05) is 37.3 Å². The summed E-state index contributed by atoms with van der Waals surface area (Å²) in [5.74, 6) is 6.79. The van der Waals surface area contributed by atoms with Crippen molar-refractivity contribution in [3.63, 3.8) is 0 Å². The number of rotatable bonds is 4. The molecule has 0 saturated heterocycles. The van der Waals surface area contributed by atoms with E-state index in [1.165, 1.54) is 0 Å². The maximum Gasteiger partial charge on any atom is 0.250 e. The zero-order valence-electron chi connectivity index (χ0n) is 17.3. The van der Waals surface area contributed by atoms with Crippen LogP contribution < -0.4 is 9.16 Å². The fourth-order valence-corrected chi connectivity index (χ4v) is 3.19. The Morgan fingerprint density at radius 3 is 2.19 bits per heavy atom. The number of ether oxygens (including phenoxy) is 1. The molecule has 2 aromatic carbocycles.